The molecule has 102 valence electrons. The molecule has 0 aromatic rings. The highest BCUT2D eigenvalue weighted by atomic mass is 32.3. The zero-order valence-electron chi connectivity index (χ0n) is 10.9. The molecule has 0 bridgehead atoms. The van der Waals surface area contributed by atoms with E-state index in [1.807, 2.05) is 0 Å². The van der Waals surface area contributed by atoms with Crippen LogP contribution in [-0.2, 0) is 4.79 Å². The van der Waals surface area contributed by atoms with Crippen LogP contribution in [0.4, 0.5) is 0 Å². The molecule has 5 heteroatoms. The van der Waals surface area contributed by atoms with Gasteiger partial charge in [-0.25, -0.2) is 0 Å². The summed E-state index contributed by atoms with van der Waals surface area (Å²) in [4.78, 5) is 14.0. The summed E-state index contributed by atoms with van der Waals surface area (Å²) in [5.41, 5.74) is 0. The Kier molecular flexibility index (Phi) is 4.12. The summed E-state index contributed by atoms with van der Waals surface area (Å²) in [7, 11) is 0. The molecule has 3 aliphatic rings. The van der Waals surface area contributed by atoms with E-state index in [0.717, 1.165) is 19.4 Å². The van der Waals surface area contributed by atoms with Crippen LogP contribution in [0.2, 0.25) is 0 Å². The van der Waals surface area contributed by atoms with E-state index in [4.69, 9.17) is 0 Å². The Hall–Kier alpha value is 0.520. The number of fused-ring (bicyclic) bond motifs is 1. The molecule has 0 radical (unpaired) electrons. The zero-order valence-corrected chi connectivity index (χ0v) is 13.3. The largest absolute Gasteiger partial charge is 0.339 e. The summed E-state index contributed by atoms with van der Waals surface area (Å²) in [6, 6.07) is 0.551. The van der Waals surface area contributed by atoms with Crippen molar-refractivity contribution >= 4 is 41.2 Å². The summed E-state index contributed by atoms with van der Waals surface area (Å²) in [5, 5.41) is 0. The second-order valence-electron chi connectivity index (χ2n) is 5.18. The molecule has 0 aromatic carbocycles. The van der Waals surface area contributed by atoms with Gasteiger partial charge in [-0.05, 0) is 36.5 Å². The van der Waals surface area contributed by atoms with Crippen LogP contribution in [0.25, 0.3) is 0 Å². The summed E-state index contributed by atoms with van der Waals surface area (Å²) < 4.78 is 0.344. The van der Waals surface area contributed by atoms with E-state index in [1.165, 1.54) is 30.1 Å². The van der Waals surface area contributed by atoms with Gasteiger partial charge in [0.2, 0.25) is 5.91 Å². The molecular weight excluding hydrogens is 282 g/mol. The van der Waals surface area contributed by atoms with Crippen molar-refractivity contribution in [3.63, 3.8) is 0 Å². The van der Waals surface area contributed by atoms with Crippen molar-refractivity contribution in [3.05, 3.63) is 0 Å². The van der Waals surface area contributed by atoms with Crippen molar-refractivity contribution < 1.29 is 4.79 Å². The Bertz CT molecular complexity index is 325. The van der Waals surface area contributed by atoms with Crippen LogP contribution < -0.4 is 0 Å². The van der Waals surface area contributed by atoms with E-state index >= 15 is 0 Å². The Balaban J connectivity index is 1.80. The molecule has 1 amide bonds. The van der Waals surface area contributed by atoms with Gasteiger partial charge in [0.05, 0.1) is 0 Å². The normalized spacial score (nSPS) is 34.9. The summed E-state index contributed by atoms with van der Waals surface area (Å²) in [6.07, 6.45) is 4.48. The van der Waals surface area contributed by atoms with Crippen molar-refractivity contribution in [2.24, 2.45) is 5.92 Å². The smallest absolute Gasteiger partial charge is 0.222 e. The number of hydrogen-bond acceptors (Lipinski definition) is 4. The first-order valence-corrected chi connectivity index (χ1v) is 9.94. The van der Waals surface area contributed by atoms with Crippen LogP contribution >= 0.6 is 35.3 Å². The second-order valence-corrected chi connectivity index (χ2v) is 10.1. The maximum atomic E-state index is 11.9. The lowest BCUT2D eigenvalue weighted by atomic mass is 10.00. The van der Waals surface area contributed by atoms with E-state index in [1.54, 1.807) is 0 Å². The van der Waals surface area contributed by atoms with Gasteiger partial charge in [-0.1, -0.05) is 6.92 Å². The fraction of sp³-hybridized carbons (Fsp3) is 0.923. The minimum absolute atomic E-state index is 0.344. The minimum atomic E-state index is 0.344. The van der Waals surface area contributed by atoms with Gasteiger partial charge in [-0.3, -0.25) is 4.79 Å². The lowest BCUT2D eigenvalue weighted by molar-refractivity contribution is -0.128. The van der Waals surface area contributed by atoms with Crippen molar-refractivity contribution in [2.45, 2.75) is 42.1 Å². The first-order chi connectivity index (χ1) is 8.77. The Morgan fingerprint density at radius 3 is 2.89 bits per heavy atom. The van der Waals surface area contributed by atoms with Crippen LogP contribution in [0, 0.1) is 5.92 Å². The van der Waals surface area contributed by atoms with Crippen LogP contribution in [0.15, 0.2) is 0 Å². The number of carbonyl (C=O) groups excluding carboxylic acids is 1. The lowest BCUT2D eigenvalue weighted by Crippen LogP contribution is -2.39. The molecule has 0 unspecified atom stereocenters. The average Bonchev–Trinajstić information content (AvgIpc) is 2.95. The quantitative estimate of drug-likeness (QED) is 0.797. The highest BCUT2D eigenvalue weighted by Crippen LogP contribution is 2.59. The first kappa shape index (κ1) is 13.5. The van der Waals surface area contributed by atoms with Gasteiger partial charge >= 0.3 is 0 Å². The number of hydrogen-bond donors (Lipinski definition) is 0. The molecule has 3 heterocycles. The summed E-state index contributed by atoms with van der Waals surface area (Å²) >= 11 is 6.48. The summed E-state index contributed by atoms with van der Waals surface area (Å²) in [5.74, 6) is 4.92. The molecule has 2 atom stereocenters. The third-order valence-corrected chi connectivity index (χ3v) is 9.73. The standard InChI is InChI=1S/C13H21NOS3/c1-2-16-13(17-8-3-9-18-13)10-6-7-14-11(10)4-5-12(14)15/h10-11H,2-9H2,1H3/t10-,11-/m1/s1. The van der Waals surface area contributed by atoms with E-state index in [9.17, 15) is 4.79 Å². The Morgan fingerprint density at radius 1 is 1.39 bits per heavy atom. The number of nitrogens with zero attached hydrogens (tertiary/aromatic N) is 1. The average molecular weight is 304 g/mol. The van der Waals surface area contributed by atoms with Crippen molar-refractivity contribution in [2.75, 3.05) is 23.8 Å². The fourth-order valence-corrected chi connectivity index (χ4v) is 9.39. The number of carbonyl (C=O) groups is 1. The molecule has 0 saturated carbocycles. The predicted octanol–water partition coefficient (Wildman–Crippen LogP) is 3.27. The van der Waals surface area contributed by atoms with Gasteiger partial charge in [0.15, 0.2) is 0 Å². The monoisotopic (exact) mass is 303 g/mol. The van der Waals surface area contributed by atoms with Gasteiger partial charge < -0.3 is 4.90 Å². The van der Waals surface area contributed by atoms with Crippen LogP contribution in [0.1, 0.15) is 32.6 Å². The molecule has 0 aliphatic carbocycles. The van der Waals surface area contributed by atoms with Gasteiger partial charge in [-0.15, -0.1) is 35.3 Å². The topological polar surface area (TPSA) is 20.3 Å². The molecule has 2 nitrogen and oxygen atoms in total. The Labute approximate surface area is 122 Å². The highest BCUT2D eigenvalue weighted by Gasteiger charge is 2.52. The van der Waals surface area contributed by atoms with E-state index in [2.05, 4.69) is 47.1 Å². The number of amides is 1. The van der Waals surface area contributed by atoms with E-state index in [0.29, 0.717) is 21.3 Å². The molecule has 18 heavy (non-hydrogen) atoms. The first-order valence-electron chi connectivity index (χ1n) is 6.98. The fourth-order valence-electron chi connectivity index (χ4n) is 3.48. The lowest BCUT2D eigenvalue weighted by Gasteiger charge is -2.42. The predicted molar refractivity (Wildman–Crippen MR) is 83.2 cm³/mol. The van der Waals surface area contributed by atoms with Gasteiger partial charge in [0.25, 0.3) is 0 Å². The van der Waals surface area contributed by atoms with E-state index < -0.39 is 0 Å². The highest BCUT2D eigenvalue weighted by molar-refractivity contribution is 8.34. The molecular formula is C13H21NOS3. The molecule has 3 fully saturated rings. The molecule has 0 spiro atoms. The van der Waals surface area contributed by atoms with Crippen molar-refractivity contribution in [1.29, 1.82) is 0 Å². The third-order valence-electron chi connectivity index (χ3n) is 4.21. The zero-order chi connectivity index (χ0) is 12.6. The molecule has 0 aromatic heterocycles. The second kappa shape index (κ2) is 5.49. The van der Waals surface area contributed by atoms with Crippen LogP contribution in [-0.4, -0.2) is 44.1 Å². The maximum Gasteiger partial charge on any atom is 0.222 e. The van der Waals surface area contributed by atoms with Gasteiger partial charge in [-0.2, -0.15) is 0 Å². The molecule has 3 rings (SSSR count). The third kappa shape index (κ3) is 2.20. The van der Waals surface area contributed by atoms with Gasteiger partial charge in [0, 0.05) is 24.9 Å². The number of thioether (sulfide) groups is 3. The SMILES string of the molecule is CCSC1([C@@H]2CCN3C(=O)CC[C@H]23)SCCCS1. The maximum absolute atomic E-state index is 11.9. The minimum Gasteiger partial charge on any atom is -0.339 e. The molecule has 0 N–H and O–H groups in total. The van der Waals surface area contributed by atoms with Crippen molar-refractivity contribution in [1.82, 2.24) is 4.90 Å². The van der Waals surface area contributed by atoms with Crippen molar-refractivity contribution in [3.8, 4) is 0 Å². The molecule has 3 aliphatic heterocycles. The summed E-state index contributed by atoms with van der Waals surface area (Å²) in [6.45, 7) is 3.29. The number of rotatable bonds is 3. The van der Waals surface area contributed by atoms with Crippen LogP contribution in [0.5, 0.6) is 0 Å². The Morgan fingerprint density at radius 2 is 2.17 bits per heavy atom. The molecule has 3 saturated heterocycles. The van der Waals surface area contributed by atoms with E-state index in [-0.39, 0.29) is 0 Å². The van der Waals surface area contributed by atoms with Gasteiger partial charge in [0.1, 0.15) is 3.41 Å². The van der Waals surface area contributed by atoms with Crippen LogP contribution in [0.3, 0.4) is 0 Å².